The van der Waals surface area contributed by atoms with Gasteiger partial charge in [0.25, 0.3) is 5.91 Å². The minimum absolute atomic E-state index is 0.00628. The number of rotatable bonds is 5. The number of furan rings is 1. The van der Waals surface area contributed by atoms with E-state index in [1.165, 1.54) is 11.2 Å². The van der Waals surface area contributed by atoms with Crippen LogP contribution in [0.5, 0.6) is 0 Å². The minimum Gasteiger partial charge on any atom is -0.467 e. The van der Waals surface area contributed by atoms with Crippen LogP contribution in [0.3, 0.4) is 0 Å². The molecule has 9 heteroatoms. The van der Waals surface area contributed by atoms with Gasteiger partial charge in [0.1, 0.15) is 12.0 Å². The third-order valence-electron chi connectivity index (χ3n) is 3.99. The maximum absolute atomic E-state index is 12.6. The van der Waals surface area contributed by atoms with Crippen molar-refractivity contribution >= 4 is 29.3 Å². The average molecular weight is 392 g/mol. The zero-order valence-corrected chi connectivity index (χ0v) is 15.1. The van der Waals surface area contributed by atoms with Crippen molar-refractivity contribution in [2.75, 3.05) is 19.7 Å². The summed E-state index contributed by atoms with van der Waals surface area (Å²) in [5, 5.41) is 5.46. The second kappa shape index (κ2) is 8.70. The number of carbonyl (C=O) groups excluding carboxylic acids is 3. The molecule has 1 fully saturated rings. The van der Waals surface area contributed by atoms with Crippen molar-refractivity contribution in [2.45, 2.75) is 12.8 Å². The Morgan fingerprint density at radius 3 is 2.56 bits per heavy atom. The van der Waals surface area contributed by atoms with Crippen LogP contribution in [0.25, 0.3) is 0 Å². The standard InChI is InChI=1S/C18H18ClN3O5/c19-13-5-3-12(4-6-13)18(25)22-7-9-27-15(22)11-21-17(24)16(23)20-10-14-2-1-8-26-14/h1-6,8,15H,7,9-11H2,(H,20,23)(H,21,24)/t15-/m1/s1. The van der Waals surface area contributed by atoms with Gasteiger partial charge in [0.05, 0.1) is 26.0 Å². The fourth-order valence-corrected chi connectivity index (χ4v) is 2.73. The molecule has 8 nitrogen and oxygen atoms in total. The average Bonchev–Trinajstić information content (AvgIpc) is 3.35. The molecule has 2 N–H and O–H groups in total. The molecule has 0 bridgehead atoms. The lowest BCUT2D eigenvalue weighted by molar-refractivity contribution is -0.139. The summed E-state index contributed by atoms with van der Waals surface area (Å²) in [6, 6.07) is 9.88. The Kier molecular flexibility index (Phi) is 6.10. The van der Waals surface area contributed by atoms with Crippen LogP contribution in [-0.2, 0) is 20.9 Å². The van der Waals surface area contributed by atoms with E-state index in [0.29, 0.717) is 29.5 Å². The first-order chi connectivity index (χ1) is 13.0. The van der Waals surface area contributed by atoms with E-state index in [-0.39, 0.29) is 19.0 Å². The van der Waals surface area contributed by atoms with E-state index < -0.39 is 18.0 Å². The molecule has 0 saturated carbocycles. The van der Waals surface area contributed by atoms with Crippen LogP contribution in [0.4, 0.5) is 0 Å². The van der Waals surface area contributed by atoms with E-state index in [0.717, 1.165) is 0 Å². The van der Waals surface area contributed by atoms with Crippen LogP contribution in [0.1, 0.15) is 16.1 Å². The van der Waals surface area contributed by atoms with Crippen LogP contribution in [0.2, 0.25) is 5.02 Å². The van der Waals surface area contributed by atoms with Gasteiger partial charge >= 0.3 is 11.8 Å². The number of halogens is 1. The highest BCUT2D eigenvalue weighted by Crippen LogP contribution is 2.16. The maximum atomic E-state index is 12.6. The molecule has 2 heterocycles. The number of ether oxygens (including phenoxy) is 1. The summed E-state index contributed by atoms with van der Waals surface area (Å²) in [6.45, 7) is 0.865. The van der Waals surface area contributed by atoms with Crippen LogP contribution in [0.15, 0.2) is 47.1 Å². The number of hydrogen-bond acceptors (Lipinski definition) is 5. The van der Waals surface area contributed by atoms with Crippen LogP contribution >= 0.6 is 11.6 Å². The van der Waals surface area contributed by atoms with Crippen molar-refractivity contribution in [3.05, 3.63) is 59.0 Å². The number of nitrogens with one attached hydrogen (secondary N) is 2. The molecule has 1 aromatic carbocycles. The highest BCUT2D eigenvalue weighted by molar-refractivity contribution is 6.35. The van der Waals surface area contributed by atoms with Gasteiger partial charge in [0.15, 0.2) is 0 Å². The number of carbonyl (C=O) groups is 3. The number of amides is 3. The Morgan fingerprint density at radius 2 is 1.85 bits per heavy atom. The Balaban J connectivity index is 1.50. The largest absolute Gasteiger partial charge is 0.467 e. The van der Waals surface area contributed by atoms with Crippen molar-refractivity contribution in [2.24, 2.45) is 0 Å². The summed E-state index contributed by atoms with van der Waals surface area (Å²) < 4.78 is 10.6. The summed E-state index contributed by atoms with van der Waals surface area (Å²) in [5.74, 6) is -1.29. The van der Waals surface area contributed by atoms with E-state index in [1.807, 2.05) is 0 Å². The Bertz CT molecular complexity index is 807. The molecular weight excluding hydrogens is 374 g/mol. The summed E-state index contributed by atoms with van der Waals surface area (Å²) in [5.41, 5.74) is 0.470. The first kappa shape index (κ1) is 18.9. The van der Waals surface area contributed by atoms with Crippen LogP contribution < -0.4 is 10.6 Å². The van der Waals surface area contributed by atoms with Crippen LogP contribution in [-0.4, -0.2) is 48.5 Å². The SMILES string of the molecule is O=C(NCc1ccco1)C(=O)NC[C@H]1OCCN1C(=O)c1ccc(Cl)cc1. The van der Waals surface area contributed by atoms with Gasteiger partial charge < -0.3 is 24.7 Å². The van der Waals surface area contributed by atoms with Crippen molar-refractivity contribution < 1.29 is 23.5 Å². The van der Waals surface area contributed by atoms with Gasteiger partial charge in [-0.1, -0.05) is 11.6 Å². The van der Waals surface area contributed by atoms with Gasteiger partial charge in [-0.15, -0.1) is 0 Å². The lowest BCUT2D eigenvalue weighted by Crippen LogP contribution is -2.47. The van der Waals surface area contributed by atoms with Crippen molar-refractivity contribution in [1.29, 1.82) is 0 Å². The molecule has 1 aliphatic rings. The third-order valence-corrected chi connectivity index (χ3v) is 4.24. The molecule has 3 rings (SSSR count). The molecule has 142 valence electrons. The van der Waals surface area contributed by atoms with Crippen molar-refractivity contribution in [3.63, 3.8) is 0 Å². The van der Waals surface area contributed by atoms with E-state index in [1.54, 1.807) is 36.4 Å². The summed E-state index contributed by atoms with van der Waals surface area (Å²) in [7, 11) is 0. The first-order valence-corrected chi connectivity index (χ1v) is 8.69. The van der Waals surface area contributed by atoms with Gasteiger partial charge in [0, 0.05) is 17.1 Å². The molecule has 0 aliphatic carbocycles. The van der Waals surface area contributed by atoms with E-state index in [4.69, 9.17) is 20.8 Å². The topological polar surface area (TPSA) is 101 Å². The predicted molar refractivity (Wildman–Crippen MR) is 95.8 cm³/mol. The molecule has 1 atom stereocenters. The summed E-state index contributed by atoms with van der Waals surface area (Å²) in [4.78, 5) is 37.8. The Hall–Kier alpha value is -2.84. The number of hydrogen-bond donors (Lipinski definition) is 2. The number of benzene rings is 1. The number of nitrogens with zero attached hydrogens (tertiary/aromatic N) is 1. The second-order valence-corrected chi connectivity index (χ2v) is 6.24. The van der Waals surface area contributed by atoms with Crippen LogP contribution in [0, 0.1) is 0 Å². The molecular formula is C18H18ClN3O5. The molecule has 27 heavy (non-hydrogen) atoms. The lowest BCUT2D eigenvalue weighted by Gasteiger charge is -2.23. The van der Waals surface area contributed by atoms with Crippen molar-refractivity contribution in [3.8, 4) is 0 Å². The monoisotopic (exact) mass is 391 g/mol. The quantitative estimate of drug-likeness (QED) is 0.745. The molecule has 1 aromatic heterocycles. The Labute approximate surface area is 160 Å². The summed E-state index contributed by atoms with van der Waals surface area (Å²) in [6.07, 6.45) is 0.834. The highest BCUT2D eigenvalue weighted by atomic mass is 35.5. The fraction of sp³-hybridized carbons (Fsp3) is 0.278. The van der Waals surface area contributed by atoms with Gasteiger partial charge in [0.2, 0.25) is 0 Å². The van der Waals surface area contributed by atoms with E-state index in [9.17, 15) is 14.4 Å². The van der Waals surface area contributed by atoms with Gasteiger partial charge in [-0.05, 0) is 36.4 Å². The van der Waals surface area contributed by atoms with Gasteiger partial charge in [-0.3, -0.25) is 14.4 Å². The highest BCUT2D eigenvalue weighted by Gasteiger charge is 2.31. The minimum atomic E-state index is -0.809. The lowest BCUT2D eigenvalue weighted by atomic mass is 10.2. The first-order valence-electron chi connectivity index (χ1n) is 8.31. The maximum Gasteiger partial charge on any atom is 0.309 e. The Morgan fingerprint density at radius 1 is 1.11 bits per heavy atom. The normalized spacial score (nSPS) is 16.2. The van der Waals surface area contributed by atoms with Gasteiger partial charge in [-0.25, -0.2) is 0 Å². The molecule has 3 amide bonds. The molecule has 0 unspecified atom stereocenters. The second-order valence-electron chi connectivity index (χ2n) is 5.80. The predicted octanol–water partition coefficient (Wildman–Crippen LogP) is 1.16. The molecule has 0 spiro atoms. The molecule has 1 saturated heterocycles. The van der Waals surface area contributed by atoms with E-state index >= 15 is 0 Å². The smallest absolute Gasteiger partial charge is 0.309 e. The zero-order chi connectivity index (χ0) is 19.2. The molecule has 2 aromatic rings. The van der Waals surface area contributed by atoms with E-state index in [2.05, 4.69) is 10.6 Å². The van der Waals surface area contributed by atoms with Gasteiger partial charge in [-0.2, -0.15) is 0 Å². The molecule has 1 aliphatic heterocycles. The summed E-state index contributed by atoms with van der Waals surface area (Å²) >= 11 is 5.84. The fourth-order valence-electron chi connectivity index (χ4n) is 2.60. The van der Waals surface area contributed by atoms with Crippen molar-refractivity contribution in [1.82, 2.24) is 15.5 Å². The molecule has 0 radical (unpaired) electrons. The zero-order valence-electron chi connectivity index (χ0n) is 14.3. The third kappa shape index (κ3) is 4.87.